The fourth-order valence-electron chi connectivity index (χ4n) is 4.19. The molecule has 4 aromatic carbocycles. The number of phenols is 3. The average Bonchev–Trinajstić information content (AvgIpc) is 2.67. The maximum atomic E-state index is 10.1. The molecule has 0 atom stereocenters. The molecular formula is C24H18O3. The summed E-state index contributed by atoms with van der Waals surface area (Å²) in [5.74, 6) is 0.766. The van der Waals surface area contributed by atoms with Crippen molar-refractivity contribution in [3.63, 3.8) is 0 Å². The maximum absolute atomic E-state index is 10.1. The maximum Gasteiger partial charge on any atom is 0.116 e. The van der Waals surface area contributed by atoms with Gasteiger partial charge in [-0.25, -0.2) is 0 Å². The first-order valence-electron chi connectivity index (χ1n) is 9.00. The van der Waals surface area contributed by atoms with Crippen LogP contribution in [0.4, 0.5) is 0 Å². The fraction of sp³-hybridized carbons (Fsp3) is 0.0833. The van der Waals surface area contributed by atoms with Crippen molar-refractivity contribution in [1.82, 2.24) is 0 Å². The number of hydrogen-bond donors (Lipinski definition) is 3. The number of aromatic hydroxyl groups is 3. The topological polar surface area (TPSA) is 60.7 Å². The highest BCUT2D eigenvalue weighted by molar-refractivity contribution is 6.03. The van der Waals surface area contributed by atoms with E-state index in [0.29, 0.717) is 5.75 Å². The summed E-state index contributed by atoms with van der Waals surface area (Å²) in [7, 11) is 0. The van der Waals surface area contributed by atoms with Crippen molar-refractivity contribution in [3.05, 3.63) is 77.9 Å². The molecule has 0 saturated carbocycles. The summed E-state index contributed by atoms with van der Waals surface area (Å²) >= 11 is 0. The Morgan fingerprint density at radius 3 is 2.11 bits per heavy atom. The highest BCUT2D eigenvalue weighted by Gasteiger charge is 2.22. The van der Waals surface area contributed by atoms with Gasteiger partial charge in [-0.3, -0.25) is 0 Å². The predicted octanol–water partition coefficient (Wildman–Crippen LogP) is 5.39. The van der Waals surface area contributed by atoms with E-state index in [0.717, 1.165) is 51.4 Å². The van der Waals surface area contributed by atoms with Gasteiger partial charge in [-0.15, -0.1) is 0 Å². The first-order chi connectivity index (χ1) is 13.1. The van der Waals surface area contributed by atoms with Gasteiger partial charge >= 0.3 is 0 Å². The molecule has 0 saturated heterocycles. The van der Waals surface area contributed by atoms with Crippen LogP contribution in [0.1, 0.15) is 11.1 Å². The van der Waals surface area contributed by atoms with Crippen LogP contribution < -0.4 is 0 Å². The Bertz CT molecular complexity index is 1190. The molecule has 1 aliphatic rings. The van der Waals surface area contributed by atoms with Crippen LogP contribution in [0.3, 0.4) is 0 Å². The molecule has 132 valence electrons. The van der Waals surface area contributed by atoms with Crippen LogP contribution in [0.5, 0.6) is 17.2 Å². The van der Waals surface area contributed by atoms with E-state index in [1.165, 1.54) is 5.56 Å². The summed E-state index contributed by atoms with van der Waals surface area (Å²) in [4.78, 5) is 0. The molecule has 0 bridgehead atoms. The molecule has 3 N–H and O–H groups in total. The van der Waals surface area contributed by atoms with Crippen LogP contribution >= 0.6 is 0 Å². The van der Waals surface area contributed by atoms with Crippen LogP contribution in [0.15, 0.2) is 66.7 Å². The lowest BCUT2D eigenvalue weighted by Crippen LogP contribution is -2.06. The van der Waals surface area contributed by atoms with E-state index >= 15 is 0 Å². The summed E-state index contributed by atoms with van der Waals surface area (Å²) in [5, 5.41) is 31.7. The largest absolute Gasteiger partial charge is 0.508 e. The lowest BCUT2D eigenvalue weighted by atomic mass is 9.79. The number of phenolic OH excluding ortho intramolecular Hbond substituents is 3. The van der Waals surface area contributed by atoms with Gasteiger partial charge in [-0.05, 0) is 99.5 Å². The van der Waals surface area contributed by atoms with E-state index in [1.54, 1.807) is 24.3 Å². The number of hydrogen-bond acceptors (Lipinski definition) is 3. The van der Waals surface area contributed by atoms with Gasteiger partial charge in [-0.2, -0.15) is 0 Å². The Kier molecular flexibility index (Phi) is 3.37. The van der Waals surface area contributed by atoms with E-state index in [4.69, 9.17) is 0 Å². The quantitative estimate of drug-likeness (QED) is 0.429. The van der Waals surface area contributed by atoms with Crippen molar-refractivity contribution in [1.29, 1.82) is 0 Å². The van der Waals surface area contributed by atoms with Crippen LogP contribution in [0.25, 0.3) is 33.0 Å². The third-order valence-corrected chi connectivity index (χ3v) is 5.41. The van der Waals surface area contributed by atoms with Gasteiger partial charge in [-0.1, -0.05) is 24.3 Å². The number of rotatable bonds is 1. The molecule has 0 radical (unpaired) electrons. The van der Waals surface area contributed by atoms with Crippen molar-refractivity contribution in [2.75, 3.05) is 0 Å². The zero-order valence-corrected chi connectivity index (χ0v) is 14.6. The summed E-state index contributed by atoms with van der Waals surface area (Å²) in [6.07, 6.45) is 1.71. The van der Waals surface area contributed by atoms with Crippen LogP contribution in [-0.2, 0) is 12.8 Å². The van der Waals surface area contributed by atoms with Crippen LogP contribution in [-0.4, -0.2) is 15.3 Å². The smallest absolute Gasteiger partial charge is 0.116 e. The standard InChI is InChI=1S/C24H18O3/c25-17-5-1-14(2-6-17)24-21-9-4-15-11-18(26)8-10-20(15)23(21)12-16-3-7-19(27)13-22(16)24/h1-3,5-8,10-13,25-27H,4,9H2. The van der Waals surface area contributed by atoms with Crippen molar-refractivity contribution in [3.8, 4) is 39.5 Å². The minimum atomic E-state index is 0.233. The van der Waals surface area contributed by atoms with Gasteiger partial charge in [0.25, 0.3) is 0 Å². The zero-order chi connectivity index (χ0) is 18.5. The van der Waals surface area contributed by atoms with Crippen molar-refractivity contribution in [2.45, 2.75) is 12.8 Å². The van der Waals surface area contributed by atoms with E-state index in [1.807, 2.05) is 36.4 Å². The molecule has 0 amide bonds. The van der Waals surface area contributed by atoms with Crippen LogP contribution in [0, 0.1) is 0 Å². The molecule has 27 heavy (non-hydrogen) atoms. The second kappa shape index (κ2) is 5.78. The summed E-state index contributed by atoms with van der Waals surface area (Å²) < 4.78 is 0. The van der Waals surface area contributed by atoms with Gasteiger partial charge in [0.1, 0.15) is 17.2 Å². The minimum Gasteiger partial charge on any atom is -0.508 e. The van der Waals surface area contributed by atoms with Gasteiger partial charge < -0.3 is 15.3 Å². The predicted molar refractivity (Wildman–Crippen MR) is 107 cm³/mol. The van der Waals surface area contributed by atoms with E-state index in [2.05, 4.69) is 6.07 Å². The van der Waals surface area contributed by atoms with Crippen molar-refractivity contribution < 1.29 is 15.3 Å². The highest BCUT2D eigenvalue weighted by Crippen LogP contribution is 2.44. The molecule has 5 rings (SSSR count). The van der Waals surface area contributed by atoms with Gasteiger partial charge in [0.05, 0.1) is 0 Å². The molecule has 0 unspecified atom stereocenters. The Balaban J connectivity index is 1.88. The van der Waals surface area contributed by atoms with Gasteiger partial charge in [0.15, 0.2) is 0 Å². The first-order valence-corrected chi connectivity index (χ1v) is 9.00. The Hall–Kier alpha value is -3.46. The number of benzene rings is 4. The second-order valence-corrected chi connectivity index (χ2v) is 7.07. The van der Waals surface area contributed by atoms with E-state index < -0.39 is 0 Å². The third kappa shape index (κ3) is 2.51. The SMILES string of the molecule is Oc1ccc(-c2c3c(cc4ccc(O)cc24)-c2ccc(O)cc2CC3)cc1. The fourth-order valence-corrected chi connectivity index (χ4v) is 4.19. The molecule has 3 nitrogen and oxygen atoms in total. The van der Waals surface area contributed by atoms with E-state index in [9.17, 15) is 15.3 Å². The third-order valence-electron chi connectivity index (χ3n) is 5.41. The monoisotopic (exact) mass is 354 g/mol. The zero-order valence-electron chi connectivity index (χ0n) is 14.6. The van der Waals surface area contributed by atoms with Crippen LogP contribution in [0.2, 0.25) is 0 Å². The Morgan fingerprint density at radius 1 is 0.593 bits per heavy atom. The Morgan fingerprint density at radius 2 is 1.30 bits per heavy atom. The average molecular weight is 354 g/mol. The molecule has 1 aliphatic carbocycles. The van der Waals surface area contributed by atoms with Crippen molar-refractivity contribution in [2.24, 2.45) is 0 Å². The minimum absolute atomic E-state index is 0.233. The molecule has 0 aromatic heterocycles. The second-order valence-electron chi connectivity index (χ2n) is 7.07. The van der Waals surface area contributed by atoms with Crippen molar-refractivity contribution >= 4 is 10.8 Å². The highest BCUT2D eigenvalue weighted by atomic mass is 16.3. The molecule has 0 spiro atoms. The summed E-state index contributed by atoms with van der Waals surface area (Å²) in [6.45, 7) is 0. The molecule has 3 heteroatoms. The molecule has 0 heterocycles. The normalized spacial score (nSPS) is 12.6. The lowest BCUT2D eigenvalue weighted by molar-refractivity contribution is 0.474. The molecule has 0 aliphatic heterocycles. The summed E-state index contributed by atoms with van der Waals surface area (Å²) in [5.41, 5.74) is 6.80. The number of fused-ring (bicyclic) bond motifs is 4. The van der Waals surface area contributed by atoms with Gasteiger partial charge in [0.2, 0.25) is 0 Å². The molecule has 4 aromatic rings. The first kappa shape index (κ1) is 15.8. The van der Waals surface area contributed by atoms with Gasteiger partial charge in [0, 0.05) is 0 Å². The number of aryl methyl sites for hydroxylation is 1. The Labute approximate surface area is 156 Å². The molecule has 0 fully saturated rings. The van der Waals surface area contributed by atoms with E-state index in [-0.39, 0.29) is 11.5 Å². The lowest BCUT2D eigenvalue weighted by Gasteiger charge is -2.25. The molecular weight excluding hydrogens is 336 g/mol. The summed E-state index contributed by atoms with van der Waals surface area (Å²) in [6, 6.07) is 20.4.